The van der Waals surface area contributed by atoms with Crippen LogP contribution in [0.2, 0.25) is 0 Å². The van der Waals surface area contributed by atoms with E-state index in [1.54, 1.807) is 0 Å². The molecule has 0 unspecified atom stereocenters. The zero-order chi connectivity index (χ0) is 8.81. The summed E-state index contributed by atoms with van der Waals surface area (Å²) in [6, 6.07) is 0. The van der Waals surface area contributed by atoms with Crippen molar-refractivity contribution in [2.45, 2.75) is 0 Å². The fraction of sp³-hybridized carbons (Fsp3) is 1.00. The Kier molecular flexibility index (Phi) is 5.32. The molecule has 0 aromatic carbocycles. The van der Waals surface area contributed by atoms with Gasteiger partial charge in [-0.1, -0.05) is 0 Å². The molecule has 0 aliphatic carbocycles. The Hall–Kier alpha value is 0.500. The molecule has 0 spiro atoms. The highest BCUT2D eigenvalue weighted by molar-refractivity contribution is 6.18. The Morgan fingerprint density at radius 2 is 1.08 bits per heavy atom. The average Bonchev–Trinajstić information content (AvgIpc) is 2.09. The summed E-state index contributed by atoms with van der Waals surface area (Å²) >= 11 is 11.3. The minimum Gasteiger partial charge on any atom is -0.300 e. The third kappa shape index (κ3) is 3.48. The molecule has 0 aromatic rings. The standard InChI is InChI=1S/C8H16Cl2N2/c9-1-3-11-5-7-12(4-2-10)8-6-11/h1-8H2. The highest BCUT2D eigenvalue weighted by Crippen LogP contribution is 2.01. The van der Waals surface area contributed by atoms with Gasteiger partial charge in [-0.3, -0.25) is 9.80 Å². The van der Waals surface area contributed by atoms with Gasteiger partial charge in [0.2, 0.25) is 0 Å². The third-order valence-electron chi connectivity index (χ3n) is 2.27. The van der Waals surface area contributed by atoms with Crippen molar-refractivity contribution in [3.63, 3.8) is 0 Å². The van der Waals surface area contributed by atoms with E-state index in [9.17, 15) is 0 Å². The van der Waals surface area contributed by atoms with Crippen molar-refractivity contribution in [1.29, 1.82) is 0 Å². The van der Waals surface area contributed by atoms with Crippen LogP contribution in [-0.4, -0.2) is 60.8 Å². The summed E-state index contributed by atoms with van der Waals surface area (Å²) < 4.78 is 0. The summed E-state index contributed by atoms with van der Waals surface area (Å²) in [5, 5.41) is 0. The van der Waals surface area contributed by atoms with Crippen molar-refractivity contribution in [3.05, 3.63) is 0 Å². The number of alkyl halides is 2. The molecule has 0 radical (unpaired) electrons. The van der Waals surface area contributed by atoms with Crippen LogP contribution in [0.3, 0.4) is 0 Å². The molecular formula is C8H16Cl2N2. The fourth-order valence-electron chi connectivity index (χ4n) is 1.48. The molecule has 0 atom stereocenters. The van der Waals surface area contributed by atoms with Crippen LogP contribution in [0.15, 0.2) is 0 Å². The zero-order valence-corrected chi connectivity index (χ0v) is 8.82. The Labute approximate surface area is 84.4 Å². The van der Waals surface area contributed by atoms with Gasteiger partial charge in [-0.15, -0.1) is 23.2 Å². The van der Waals surface area contributed by atoms with E-state index in [2.05, 4.69) is 9.80 Å². The summed E-state index contributed by atoms with van der Waals surface area (Å²) in [4.78, 5) is 4.80. The Morgan fingerprint density at radius 1 is 0.750 bits per heavy atom. The van der Waals surface area contributed by atoms with Crippen LogP contribution in [0.5, 0.6) is 0 Å². The molecule has 0 bridgehead atoms. The first-order chi connectivity index (χ1) is 5.86. The van der Waals surface area contributed by atoms with E-state index in [4.69, 9.17) is 23.2 Å². The van der Waals surface area contributed by atoms with Crippen molar-refractivity contribution >= 4 is 23.2 Å². The molecule has 1 fully saturated rings. The highest BCUT2D eigenvalue weighted by atomic mass is 35.5. The SMILES string of the molecule is ClCCN1CCN(CCCl)CC1. The van der Waals surface area contributed by atoms with Crippen molar-refractivity contribution in [2.75, 3.05) is 51.0 Å². The van der Waals surface area contributed by atoms with Crippen LogP contribution in [0.4, 0.5) is 0 Å². The van der Waals surface area contributed by atoms with E-state index in [-0.39, 0.29) is 0 Å². The number of rotatable bonds is 4. The van der Waals surface area contributed by atoms with Crippen molar-refractivity contribution < 1.29 is 0 Å². The quantitative estimate of drug-likeness (QED) is 0.642. The van der Waals surface area contributed by atoms with Crippen LogP contribution in [0, 0.1) is 0 Å². The summed E-state index contributed by atoms with van der Waals surface area (Å²) in [5.74, 6) is 1.49. The number of hydrogen-bond donors (Lipinski definition) is 0. The van der Waals surface area contributed by atoms with Crippen LogP contribution < -0.4 is 0 Å². The van der Waals surface area contributed by atoms with Gasteiger partial charge in [-0.2, -0.15) is 0 Å². The van der Waals surface area contributed by atoms with Gasteiger partial charge in [0.1, 0.15) is 0 Å². The van der Waals surface area contributed by atoms with Gasteiger partial charge in [0.05, 0.1) is 0 Å². The third-order valence-corrected chi connectivity index (χ3v) is 2.60. The fourth-order valence-corrected chi connectivity index (χ4v) is 1.95. The zero-order valence-electron chi connectivity index (χ0n) is 7.31. The van der Waals surface area contributed by atoms with Crippen LogP contribution in [-0.2, 0) is 0 Å². The summed E-state index contributed by atoms with van der Waals surface area (Å²) in [6.45, 7) is 6.62. The lowest BCUT2D eigenvalue weighted by atomic mass is 10.3. The van der Waals surface area contributed by atoms with E-state index in [1.165, 1.54) is 0 Å². The van der Waals surface area contributed by atoms with Gasteiger partial charge in [0.25, 0.3) is 0 Å². The van der Waals surface area contributed by atoms with Crippen LogP contribution >= 0.6 is 23.2 Å². The maximum atomic E-state index is 5.66. The van der Waals surface area contributed by atoms with Gasteiger partial charge < -0.3 is 0 Å². The van der Waals surface area contributed by atoms with Gasteiger partial charge in [0.15, 0.2) is 0 Å². The lowest BCUT2D eigenvalue weighted by Gasteiger charge is -2.33. The topological polar surface area (TPSA) is 6.48 Å². The molecular weight excluding hydrogens is 195 g/mol. The van der Waals surface area contributed by atoms with Gasteiger partial charge in [0, 0.05) is 51.0 Å². The van der Waals surface area contributed by atoms with E-state index in [0.717, 1.165) is 51.0 Å². The van der Waals surface area contributed by atoms with E-state index >= 15 is 0 Å². The number of piperazine rings is 1. The second-order valence-corrected chi connectivity index (χ2v) is 3.82. The first-order valence-electron chi connectivity index (χ1n) is 4.43. The van der Waals surface area contributed by atoms with Crippen molar-refractivity contribution in [2.24, 2.45) is 0 Å². The van der Waals surface area contributed by atoms with Crippen molar-refractivity contribution in [1.82, 2.24) is 9.80 Å². The largest absolute Gasteiger partial charge is 0.300 e. The summed E-state index contributed by atoms with van der Waals surface area (Å²) in [5.41, 5.74) is 0. The molecule has 0 amide bonds. The number of hydrogen-bond acceptors (Lipinski definition) is 2. The second-order valence-electron chi connectivity index (χ2n) is 3.06. The predicted molar refractivity (Wildman–Crippen MR) is 54.3 cm³/mol. The Morgan fingerprint density at radius 3 is 1.33 bits per heavy atom. The minimum atomic E-state index is 0.746. The minimum absolute atomic E-state index is 0.746. The maximum absolute atomic E-state index is 5.66. The number of halogens is 2. The monoisotopic (exact) mass is 210 g/mol. The Bertz CT molecular complexity index is 99.6. The smallest absolute Gasteiger partial charge is 0.0351 e. The molecule has 72 valence electrons. The van der Waals surface area contributed by atoms with Gasteiger partial charge in [-0.25, -0.2) is 0 Å². The molecule has 2 nitrogen and oxygen atoms in total. The van der Waals surface area contributed by atoms with E-state index < -0.39 is 0 Å². The number of nitrogens with zero attached hydrogens (tertiary/aromatic N) is 2. The van der Waals surface area contributed by atoms with E-state index in [0.29, 0.717) is 0 Å². The van der Waals surface area contributed by atoms with Gasteiger partial charge >= 0.3 is 0 Å². The molecule has 12 heavy (non-hydrogen) atoms. The van der Waals surface area contributed by atoms with Crippen LogP contribution in [0.25, 0.3) is 0 Å². The molecule has 0 saturated carbocycles. The molecule has 1 aliphatic rings. The predicted octanol–water partition coefficient (Wildman–Crippen LogP) is 1.08. The summed E-state index contributed by atoms with van der Waals surface area (Å²) in [6.07, 6.45) is 0. The van der Waals surface area contributed by atoms with Crippen LogP contribution in [0.1, 0.15) is 0 Å². The second kappa shape index (κ2) is 6.03. The van der Waals surface area contributed by atoms with E-state index in [1.807, 2.05) is 0 Å². The molecule has 1 heterocycles. The molecule has 1 rings (SSSR count). The molecule has 1 aliphatic heterocycles. The Balaban J connectivity index is 2.11. The lowest BCUT2D eigenvalue weighted by molar-refractivity contribution is 0.144. The molecule has 0 N–H and O–H groups in total. The highest BCUT2D eigenvalue weighted by Gasteiger charge is 2.14. The lowest BCUT2D eigenvalue weighted by Crippen LogP contribution is -2.47. The molecule has 4 heteroatoms. The normalized spacial score (nSPS) is 21.5. The maximum Gasteiger partial charge on any atom is 0.0351 e. The molecule has 1 saturated heterocycles. The average molecular weight is 211 g/mol. The summed E-state index contributed by atoms with van der Waals surface area (Å²) in [7, 11) is 0. The molecule has 0 aromatic heterocycles. The van der Waals surface area contributed by atoms with Gasteiger partial charge in [-0.05, 0) is 0 Å². The first kappa shape index (κ1) is 10.6. The first-order valence-corrected chi connectivity index (χ1v) is 5.50. The van der Waals surface area contributed by atoms with Crippen molar-refractivity contribution in [3.8, 4) is 0 Å².